The maximum absolute atomic E-state index is 4.41. The van der Waals surface area contributed by atoms with Gasteiger partial charge in [-0.3, -0.25) is 14.9 Å². The summed E-state index contributed by atoms with van der Waals surface area (Å²) in [6.45, 7) is 5.34. The van der Waals surface area contributed by atoms with Crippen molar-refractivity contribution in [3.05, 3.63) is 36.2 Å². The van der Waals surface area contributed by atoms with E-state index in [9.17, 15) is 0 Å². The van der Waals surface area contributed by atoms with E-state index in [0.717, 1.165) is 43.9 Å². The van der Waals surface area contributed by atoms with Crippen molar-refractivity contribution in [2.45, 2.75) is 24.9 Å². The van der Waals surface area contributed by atoms with Gasteiger partial charge in [-0.05, 0) is 43.6 Å². The summed E-state index contributed by atoms with van der Waals surface area (Å²) in [7, 11) is 0. The molecule has 21 heavy (non-hydrogen) atoms. The van der Waals surface area contributed by atoms with Crippen molar-refractivity contribution in [3.8, 4) is 0 Å². The van der Waals surface area contributed by atoms with Crippen molar-refractivity contribution in [1.29, 1.82) is 0 Å². The van der Waals surface area contributed by atoms with Crippen LogP contribution in [0.3, 0.4) is 0 Å². The fourth-order valence-corrected chi connectivity index (χ4v) is 3.64. The van der Waals surface area contributed by atoms with Crippen molar-refractivity contribution < 1.29 is 0 Å². The van der Waals surface area contributed by atoms with Gasteiger partial charge in [0.15, 0.2) is 0 Å². The maximum atomic E-state index is 4.41. The molecule has 0 bridgehead atoms. The molecule has 2 saturated heterocycles. The average Bonchev–Trinajstić information content (AvgIpc) is 2.90. The first kappa shape index (κ1) is 13.1. The number of hydrogen-bond acceptors (Lipinski definition) is 5. The molecule has 1 aromatic heterocycles. The van der Waals surface area contributed by atoms with E-state index in [1.165, 1.54) is 18.4 Å². The second-order valence-corrected chi connectivity index (χ2v) is 6.14. The van der Waals surface area contributed by atoms with E-state index in [0.29, 0.717) is 5.54 Å². The summed E-state index contributed by atoms with van der Waals surface area (Å²) in [6.07, 6.45) is 5.97. The molecule has 3 heterocycles. The van der Waals surface area contributed by atoms with Gasteiger partial charge in [-0.1, -0.05) is 6.07 Å². The van der Waals surface area contributed by atoms with E-state index in [4.69, 9.17) is 0 Å². The number of fused-ring (bicyclic) bond motifs is 1. The van der Waals surface area contributed by atoms with Gasteiger partial charge in [0, 0.05) is 37.7 Å². The number of aromatic nitrogens is 2. The molecule has 5 nitrogen and oxygen atoms in total. The lowest BCUT2D eigenvalue weighted by Crippen LogP contribution is -2.52. The molecule has 2 fully saturated rings. The first-order chi connectivity index (χ1) is 10.4. The highest BCUT2D eigenvalue weighted by Crippen LogP contribution is 2.30. The lowest BCUT2D eigenvalue weighted by molar-refractivity contribution is 0.102. The summed E-state index contributed by atoms with van der Waals surface area (Å²) >= 11 is 0. The summed E-state index contributed by atoms with van der Waals surface area (Å²) < 4.78 is 0. The summed E-state index contributed by atoms with van der Waals surface area (Å²) in [4.78, 5) is 11.4. The van der Waals surface area contributed by atoms with E-state index in [1.54, 1.807) is 12.4 Å². The van der Waals surface area contributed by atoms with Crippen molar-refractivity contribution in [2.24, 2.45) is 0 Å². The van der Waals surface area contributed by atoms with Crippen LogP contribution in [0.5, 0.6) is 0 Å². The molecule has 4 rings (SSSR count). The highest BCUT2D eigenvalue weighted by Gasteiger charge is 2.41. The second kappa shape index (κ2) is 5.33. The van der Waals surface area contributed by atoms with Gasteiger partial charge in [0.2, 0.25) is 0 Å². The highest BCUT2D eigenvalue weighted by molar-refractivity contribution is 5.74. The molecule has 1 spiro atoms. The van der Waals surface area contributed by atoms with E-state index < -0.39 is 0 Å². The second-order valence-electron chi connectivity index (χ2n) is 6.14. The van der Waals surface area contributed by atoms with Crippen LogP contribution in [0.1, 0.15) is 18.4 Å². The predicted octanol–water partition coefficient (Wildman–Crippen LogP) is 1.11. The van der Waals surface area contributed by atoms with Gasteiger partial charge in [0.25, 0.3) is 0 Å². The van der Waals surface area contributed by atoms with Gasteiger partial charge in [-0.25, -0.2) is 0 Å². The minimum Gasteiger partial charge on any atom is -0.317 e. The summed E-state index contributed by atoms with van der Waals surface area (Å²) in [6, 6.07) is 6.44. The van der Waals surface area contributed by atoms with Crippen molar-refractivity contribution in [2.75, 3.05) is 26.3 Å². The zero-order valence-electron chi connectivity index (χ0n) is 12.2. The Morgan fingerprint density at radius 2 is 1.86 bits per heavy atom. The van der Waals surface area contributed by atoms with Gasteiger partial charge < -0.3 is 10.6 Å². The third-order valence-electron chi connectivity index (χ3n) is 4.87. The Bertz CT molecular complexity index is 635. The minimum atomic E-state index is 0.336. The van der Waals surface area contributed by atoms with E-state index in [2.05, 4.69) is 43.7 Å². The number of piperidine rings is 1. The van der Waals surface area contributed by atoms with E-state index >= 15 is 0 Å². The number of benzene rings is 1. The first-order valence-electron chi connectivity index (χ1n) is 7.72. The largest absolute Gasteiger partial charge is 0.317 e. The van der Waals surface area contributed by atoms with Crippen LogP contribution in [0.2, 0.25) is 0 Å². The van der Waals surface area contributed by atoms with Crippen LogP contribution in [-0.2, 0) is 6.54 Å². The Hall–Kier alpha value is -1.56. The zero-order chi connectivity index (χ0) is 14.1. The third kappa shape index (κ3) is 2.41. The Labute approximate surface area is 124 Å². The molecule has 110 valence electrons. The fraction of sp³-hybridized carbons (Fsp3) is 0.500. The van der Waals surface area contributed by atoms with Crippen LogP contribution < -0.4 is 10.6 Å². The van der Waals surface area contributed by atoms with Crippen molar-refractivity contribution in [3.63, 3.8) is 0 Å². The number of rotatable bonds is 2. The Balaban J connectivity index is 1.58. The van der Waals surface area contributed by atoms with E-state index in [-0.39, 0.29) is 0 Å². The van der Waals surface area contributed by atoms with Crippen LogP contribution in [0.4, 0.5) is 0 Å². The molecule has 2 aliphatic rings. The normalized spacial score (nSPS) is 22.1. The van der Waals surface area contributed by atoms with Gasteiger partial charge in [-0.2, -0.15) is 0 Å². The van der Waals surface area contributed by atoms with E-state index in [1.807, 2.05) is 0 Å². The summed E-state index contributed by atoms with van der Waals surface area (Å²) in [5.41, 5.74) is 3.62. The van der Waals surface area contributed by atoms with Crippen LogP contribution in [0.15, 0.2) is 30.6 Å². The zero-order valence-corrected chi connectivity index (χ0v) is 12.2. The number of nitrogens with zero attached hydrogens (tertiary/aromatic N) is 3. The number of nitrogens with one attached hydrogen (secondary N) is 2. The van der Waals surface area contributed by atoms with Crippen molar-refractivity contribution >= 4 is 11.0 Å². The van der Waals surface area contributed by atoms with Gasteiger partial charge in [0.05, 0.1) is 11.0 Å². The molecular weight excluding hydrogens is 262 g/mol. The lowest BCUT2D eigenvalue weighted by atomic mass is 9.87. The van der Waals surface area contributed by atoms with Crippen molar-refractivity contribution in [1.82, 2.24) is 25.5 Å². The smallest absolute Gasteiger partial charge is 0.0890 e. The topological polar surface area (TPSA) is 53.1 Å². The van der Waals surface area contributed by atoms with Gasteiger partial charge >= 0.3 is 0 Å². The molecule has 0 unspecified atom stereocenters. The quantitative estimate of drug-likeness (QED) is 0.865. The predicted molar refractivity (Wildman–Crippen MR) is 82.8 cm³/mol. The molecule has 0 radical (unpaired) electrons. The van der Waals surface area contributed by atoms with Crippen LogP contribution in [0, 0.1) is 0 Å². The SMILES string of the molecule is c1cnc2cc(CN3CNCC34CCNCC4)ccc2n1. The Morgan fingerprint density at radius 1 is 1.05 bits per heavy atom. The molecule has 2 N–H and O–H groups in total. The molecule has 0 saturated carbocycles. The Morgan fingerprint density at radius 3 is 2.71 bits per heavy atom. The monoisotopic (exact) mass is 283 g/mol. The molecule has 0 atom stereocenters. The first-order valence-corrected chi connectivity index (χ1v) is 7.72. The molecule has 1 aromatic carbocycles. The van der Waals surface area contributed by atoms with Gasteiger partial charge in [0.1, 0.15) is 0 Å². The molecule has 5 heteroatoms. The third-order valence-corrected chi connectivity index (χ3v) is 4.87. The van der Waals surface area contributed by atoms with Gasteiger partial charge in [-0.15, -0.1) is 0 Å². The van der Waals surface area contributed by atoms with Crippen LogP contribution in [-0.4, -0.2) is 46.7 Å². The molecular formula is C16H21N5. The average molecular weight is 283 g/mol. The molecule has 0 amide bonds. The summed E-state index contributed by atoms with van der Waals surface area (Å²) in [5, 5.41) is 7.03. The lowest BCUT2D eigenvalue weighted by Gasteiger charge is -2.41. The van der Waals surface area contributed by atoms with Crippen LogP contribution in [0.25, 0.3) is 11.0 Å². The standard InChI is InChI=1S/C16H21N5/c1-2-14-15(20-8-7-19-14)9-13(1)10-21-12-18-11-16(21)3-5-17-6-4-16/h1-2,7-9,17-18H,3-6,10-12H2. The fourth-order valence-electron chi connectivity index (χ4n) is 3.64. The summed E-state index contributed by atoms with van der Waals surface area (Å²) in [5.74, 6) is 0. The minimum absolute atomic E-state index is 0.336. The molecule has 0 aliphatic carbocycles. The van der Waals surface area contributed by atoms with Crippen LogP contribution >= 0.6 is 0 Å². The maximum Gasteiger partial charge on any atom is 0.0890 e. The number of hydrogen-bond donors (Lipinski definition) is 2. The Kier molecular flexibility index (Phi) is 3.33. The molecule has 2 aromatic rings. The highest BCUT2D eigenvalue weighted by atomic mass is 15.3. The molecule has 2 aliphatic heterocycles.